The molecule has 1 heterocycles. The molecular formula is C12H23ClN4O3. The Morgan fingerprint density at radius 3 is 2.70 bits per heavy atom. The first kappa shape index (κ1) is 18.8. The summed E-state index contributed by atoms with van der Waals surface area (Å²) in [5.74, 6) is 1.20. The van der Waals surface area contributed by atoms with Crippen molar-refractivity contribution in [1.82, 2.24) is 15.5 Å². The number of nitrogens with two attached hydrogens (primary N) is 1. The molecule has 0 aliphatic heterocycles. The van der Waals surface area contributed by atoms with Gasteiger partial charge in [-0.25, -0.2) is 0 Å². The van der Waals surface area contributed by atoms with Gasteiger partial charge in [-0.15, -0.1) is 12.4 Å². The van der Waals surface area contributed by atoms with Crippen LogP contribution in [0.3, 0.4) is 0 Å². The van der Waals surface area contributed by atoms with E-state index in [9.17, 15) is 4.79 Å². The van der Waals surface area contributed by atoms with E-state index >= 15 is 0 Å². The van der Waals surface area contributed by atoms with Crippen molar-refractivity contribution in [1.29, 1.82) is 0 Å². The van der Waals surface area contributed by atoms with Gasteiger partial charge in [0.2, 0.25) is 5.91 Å². The molecule has 0 radical (unpaired) electrons. The highest BCUT2D eigenvalue weighted by Crippen LogP contribution is 2.03. The molecule has 1 aromatic heterocycles. The second kappa shape index (κ2) is 9.68. The summed E-state index contributed by atoms with van der Waals surface area (Å²) in [6, 6.07) is -0.0123. The third-order valence-electron chi connectivity index (χ3n) is 2.43. The highest BCUT2D eigenvalue weighted by Gasteiger charge is 2.12. The average Bonchev–Trinajstić information content (AvgIpc) is 2.73. The lowest BCUT2D eigenvalue weighted by Gasteiger charge is -2.18. The summed E-state index contributed by atoms with van der Waals surface area (Å²) >= 11 is 0. The van der Waals surface area contributed by atoms with Crippen molar-refractivity contribution < 1.29 is 14.1 Å². The number of rotatable bonds is 8. The summed E-state index contributed by atoms with van der Waals surface area (Å²) in [6.45, 7) is 6.40. The predicted molar refractivity (Wildman–Crippen MR) is 76.4 cm³/mol. The molecule has 0 bridgehead atoms. The zero-order valence-electron chi connectivity index (χ0n) is 12.1. The lowest BCUT2D eigenvalue weighted by Crippen LogP contribution is -2.42. The van der Waals surface area contributed by atoms with E-state index in [4.69, 9.17) is 15.0 Å². The lowest BCUT2D eigenvalue weighted by atomic mass is 10.0. The lowest BCUT2D eigenvalue weighted by molar-refractivity contribution is -0.127. The molecule has 0 fully saturated rings. The van der Waals surface area contributed by atoms with Crippen LogP contribution in [0.5, 0.6) is 0 Å². The fraction of sp³-hybridized carbons (Fsp3) is 0.750. The van der Waals surface area contributed by atoms with E-state index in [2.05, 4.69) is 29.3 Å². The Balaban J connectivity index is 0.00000361. The molecule has 0 aromatic carbocycles. The van der Waals surface area contributed by atoms with E-state index in [1.54, 1.807) is 6.92 Å². The molecule has 1 rings (SSSR count). The molecule has 8 heteroatoms. The SMILES string of the molecule is Cc1noc(COCC(=O)NC(CN)CC(C)C)n1.Cl. The summed E-state index contributed by atoms with van der Waals surface area (Å²) in [5.41, 5.74) is 5.60. The highest BCUT2D eigenvalue weighted by molar-refractivity contribution is 5.85. The first-order chi connectivity index (χ1) is 9.01. The van der Waals surface area contributed by atoms with E-state index in [0.717, 1.165) is 6.42 Å². The largest absolute Gasteiger partial charge is 0.362 e. The number of carbonyl (C=O) groups is 1. The van der Waals surface area contributed by atoms with Crippen LogP contribution in [0.4, 0.5) is 0 Å². The van der Waals surface area contributed by atoms with Crippen LogP contribution in [0.25, 0.3) is 0 Å². The summed E-state index contributed by atoms with van der Waals surface area (Å²) in [6.07, 6.45) is 0.852. The van der Waals surface area contributed by atoms with Crippen LogP contribution in [0.15, 0.2) is 4.52 Å². The number of carbonyl (C=O) groups excluding carboxylic acids is 1. The van der Waals surface area contributed by atoms with Crippen LogP contribution < -0.4 is 11.1 Å². The third kappa shape index (κ3) is 7.42. The number of halogens is 1. The van der Waals surface area contributed by atoms with E-state index in [1.807, 2.05) is 0 Å². The van der Waals surface area contributed by atoms with Gasteiger partial charge in [-0.05, 0) is 19.3 Å². The summed E-state index contributed by atoms with van der Waals surface area (Å²) < 4.78 is 10.1. The minimum absolute atomic E-state index is 0. The van der Waals surface area contributed by atoms with Crippen LogP contribution >= 0.6 is 12.4 Å². The van der Waals surface area contributed by atoms with Crippen LogP contribution in [-0.4, -0.2) is 35.2 Å². The zero-order chi connectivity index (χ0) is 14.3. The van der Waals surface area contributed by atoms with Gasteiger partial charge in [-0.1, -0.05) is 19.0 Å². The first-order valence-electron chi connectivity index (χ1n) is 6.37. The molecule has 0 saturated heterocycles. The van der Waals surface area contributed by atoms with Crippen molar-refractivity contribution in [3.63, 3.8) is 0 Å². The minimum Gasteiger partial charge on any atom is -0.362 e. The highest BCUT2D eigenvalue weighted by atomic mass is 35.5. The van der Waals surface area contributed by atoms with E-state index in [-0.39, 0.29) is 37.6 Å². The average molecular weight is 307 g/mol. The molecule has 1 amide bonds. The van der Waals surface area contributed by atoms with Crippen molar-refractivity contribution in [3.8, 4) is 0 Å². The normalized spacial score (nSPS) is 12.1. The Morgan fingerprint density at radius 1 is 1.50 bits per heavy atom. The molecule has 1 unspecified atom stereocenters. The van der Waals surface area contributed by atoms with Crippen LogP contribution in [-0.2, 0) is 16.1 Å². The monoisotopic (exact) mass is 306 g/mol. The Labute approximate surface area is 125 Å². The number of nitrogens with one attached hydrogen (secondary N) is 1. The zero-order valence-corrected chi connectivity index (χ0v) is 12.9. The fourth-order valence-electron chi connectivity index (χ4n) is 1.68. The molecule has 1 atom stereocenters. The van der Waals surface area contributed by atoms with Crippen molar-refractivity contribution in [3.05, 3.63) is 11.7 Å². The van der Waals surface area contributed by atoms with Gasteiger partial charge in [0.05, 0.1) is 0 Å². The molecule has 20 heavy (non-hydrogen) atoms. The maximum absolute atomic E-state index is 11.6. The van der Waals surface area contributed by atoms with Crippen LogP contribution in [0, 0.1) is 12.8 Å². The van der Waals surface area contributed by atoms with Crippen molar-refractivity contribution >= 4 is 18.3 Å². The fourth-order valence-corrected chi connectivity index (χ4v) is 1.68. The number of hydrogen-bond donors (Lipinski definition) is 2. The second-order valence-electron chi connectivity index (χ2n) is 4.86. The molecule has 116 valence electrons. The molecule has 0 spiro atoms. The van der Waals surface area contributed by atoms with Gasteiger partial charge in [0.15, 0.2) is 5.82 Å². The van der Waals surface area contributed by atoms with Crippen LogP contribution in [0.1, 0.15) is 32.0 Å². The molecule has 0 saturated carbocycles. The number of hydrogen-bond acceptors (Lipinski definition) is 6. The number of amides is 1. The van der Waals surface area contributed by atoms with Gasteiger partial charge < -0.3 is 20.3 Å². The Hall–Kier alpha value is -1.18. The Bertz CT molecular complexity index is 398. The van der Waals surface area contributed by atoms with Crippen molar-refractivity contribution in [2.75, 3.05) is 13.2 Å². The molecule has 1 aromatic rings. The second-order valence-corrected chi connectivity index (χ2v) is 4.86. The summed E-state index contributed by atoms with van der Waals surface area (Å²) in [4.78, 5) is 15.6. The maximum atomic E-state index is 11.6. The standard InChI is InChI=1S/C12H22N4O3.ClH/c1-8(2)4-10(5-13)15-11(17)6-18-7-12-14-9(3)16-19-12;/h8,10H,4-7,13H2,1-3H3,(H,15,17);1H. The molecule has 3 N–H and O–H groups in total. The van der Waals surface area contributed by atoms with E-state index in [1.165, 1.54) is 0 Å². The van der Waals surface area contributed by atoms with Crippen molar-refractivity contribution in [2.45, 2.75) is 39.8 Å². The molecule has 7 nitrogen and oxygen atoms in total. The van der Waals surface area contributed by atoms with Gasteiger partial charge in [-0.3, -0.25) is 4.79 Å². The van der Waals surface area contributed by atoms with Gasteiger partial charge in [0, 0.05) is 12.6 Å². The maximum Gasteiger partial charge on any atom is 0.252 e. The van der Waals surface area contributed by atoms with E-state index < -0.39 is 0 Å². The number of aryl methyl sites for hydroxylation is 1. The first-order valence-corrected chi connectivity index (χ1v) is 6.37. The number of aromatic nitrogens is 2. The van der Waals surface area contributed by atoms with Crippen LogP contribution in [0.2, 0.25) is 0 Å². The quantitative estimate of drug-likeness (QED) is 0.736. The summed E-state index contributed by atoms with van der Waals surface area (Å²) in [7, 11) is 0. The Kier molecular flexibility index (Phi) is 9.11. The van der Waals surface area contributed by atoms with Gasteiger partial charge >= 0.3 is 0 Å². The minimum atomic E-state index is -0.188. The molecule has 0 aliphatic rings. The smallest absolute Gasteiger partial charge is 0.252 e. The molecular weight excluding hydrogens is 284 g/mol. The number of ether oxygens (including phenoxy) is 1. The van der Waals surface area contributed by atoms with Gasteiger partial charge in [0.1, 0.15) is 13.2 Å². The molecule has 0 aliphatic carbocycles. The summed E-state index contributed by atoms with van der Waals surface area (Å²) in [5, 5.41) is 6.46. The predicted octanol–water partition coefficient (Wildman–Crippen LogP) is 0.806. The third-order valence-corrected chi connectivity index (χ3v) is 2.43. The van der Waals surface area contributed by atoms with Crippen molar-refractivity contribution in [2.24, 2.45) is 11.7 Å². The van der Waals surface area contributed by atoms with Gasteiger partial charge in [-0.2, -0.15) is 4.98 Å². The topological polar surface area (TPSA) is 103 Å². The van der Waals surface area contributed by atoms with Gasteiger partial charge in [0.25, 0.3) is 5.89 Å². The Morgan fingerprint density at radius 2 is 2.20 bits per heavy atom. The number of nitrogens with zero attached hydrogens (tertiary/aromatic N) is 2. The van der Waals surface area contributed by atoms with E-state index in [0.29, 0.717) is 24.2 Å².